The van der Waals surface area contributed by atoms with Crippen molar-refractivity contribution in [3.63, 3.8) is 0 Å². The maximum absolute atomic E-state index is 8.88. The number of hydrogen-bond acceptors (Lipinski definition) is 4. The van der Waals surface area contributed by atoms with E-state index < -0.39 is 0 Å². The van der Waals surface area contributed by atoms with Crippen molar-refractivity contribution in [1.29, 1.82) is 0 Å². The Balaban J connectivity index is 3.75. The predicted molar refractivity (Wildman–Crippen MR) is 62.9 cm³/mol. The SMILES string of the molecule is C[C@@H](CO)NCC(C)(C)CN[C@@H](C)CO. The molecule has 0 bridgehead atoms. The summed E-state index contributed by atoms with van der Waals surface area (Å²) in [6, 6.07) is 0.277. The Morgan fingerprint density at radius 1 is 0.933 bits per heavy atom. The molecule has 0 aliphatic rings. The largest absolute Gasteiger partial charge is 0.395 e. The van der Waals surface area contributed by atoms with Crippen molar-refractivity contribution in [3.05, 3.63) is 0 Å². The summed E-state index contributed by atoms with van der Waals surface area (Å²) in [7, 11) is 0. The smallest absolute Gasteiger partial charge is 0.0581 e. The highest BCUT2D eigenvalue weighted by Crippen LogP contribution is 2.12. The summed E-state index contributed by atoms with van der Waals surface area (Å²) in [6.07, 6.45) is 0. The summed E-state index contributed by atoms with van der Waals surface area (Å²) in [5.41, 5.74) is 0.118. The lowest BCUT2D eigenvalue weighted by molar-refractivity contribution is 0.212. The topological polar surface area (TPSA) is 64.5 Å². The van der Waals surface area contributed by atoms with Crippen LogP contribution < -0.4 is 10.6 Å². The Labute approximate surface area is 93.1 Å². The molecule has 0 aromatic heterocycles. The maximum Gasteiger partial charge on any atom is 0.0581 e. The molecule has 0 saturated carbocycles. The van der Waals surface area contributed by atoms with Gasteiger partial charge in [-0.2, -0.15) is 0 Å². The number of aliphatic hydroxyl groups excluding tert-OH is 2. The van der Waals surface area contributed by atoms with Crippen LogP contribution in [0.1, 0.15) is 27.7 Å². The van der Waals surface area contributed by atoms with Crippen LogP contribution in [0.5, 0.6) is 0 Å². The van der Waals surface area contributed by atoms with Gasteiger partial charge in [0, 0.05) is 25.2 Å². The first-order valence-corrected chi connectivity index (χ1v) is 5.60. The molecule has 0 amide bonds. The lowest BCUT2D eigenvalue weighted by Crippen LogP contribution is -2.44. The minimum absolute atomic E-state index is 0.118. The monoisotopic (exact) mass is 218 g/mol. The Hall–Kier alpha value is -0.160. The average molecular weight is 218 g/mol. The van der Waals surface area contributed by atoms with Gasteiger partial charge in [0.2, 0.25) is 0 Å². The molecule has 0 radical (unpaired) electrons. The first kappa shape index (κ1) is 14.8. The molecule has 92 valence electrons. The van der Waals surface area contributed by atoms with E-state index in [9.17, 15) is 0 Å². The van der Waals surface area contributed by atoms with E-state index in [1.807, 2.05) is 13.8 Å². The molecule has 4 N–H and O–H groups in total. The van der Waals surface area contributed by atoms with Gasteiger partial charge in [0.15, 0.2) is 0 Å². The molecule has 0 spiro atoms. The zero-order valence-electron chi connectivity index (χ0n) is 10.4. The van der Waals surface area contributed by atoms with Crippen LogP contribution >= 0.6 is 0 Å². The quantitative estimate of drug-likeness (QED) is 0.461. The lowest BCUT2D eigenvalue weighted by atomic mass is 9.93. The standard InChI is InChI=1S/C11H26N2O2/c1-9(5-14)12-7-11(3,4)8-13-10(2)6-15/h9-10,12-15H,5-8H2,1-4H3/t9-,10-/m0/s1. The molecule has 0 aliphatic carbocycles. The normalized spacial score (nSPS) is 16.4. The van der Waals surface area contributed by atoms with E-state index in [0.29, 0.717) is 0 Å². The molecule has 0 fully saturated rings. The first-order chi connectivity index (χ1) is 6.91. The summed E-state index contributed by atoms with van der Waals surface area (Å²) in [5.74, 6) is 0. The molecular formula is C11H26N2O2. The Bertz CT molecular complexity index is 147. The van der Waals surface area contributed by atoms with E-state index in [-0.39, 0.29) is 30.7 Å². The van der Waals surface area contributed by atoms with Crippen LogP contribution in [0, 0.1) is 5.41 Å². The number of rotatable bonds is 8. The zero-order chi connectivity index (χ0) is 11.9. The van der Waals surface area contributed by atoms with Crippen molar-refractivity contribution in [1.82, 2.24) is 10.6 Å². The second-order valence-corrected chi connectivity index (χ2v) is 5.09. The highest BCUT2D eigenvalue weighted by atomic mass is 16.3. The fraction of sp³-hybridized carbons (Fsp3) is 1.00. The van der Waals surface area contributed by atoms with Gasteiger partial charge in [0.05, 0.1) is 13.2 Å². The van der Waals surface area contributed by atoms with E-state index in [1.165, 1.54) is 0 Å². The van der Waals surface area contributed by atoms with E-state index in [1.54, 1.807) is 0 Å². The van der Waals surface area contributed by atoms with E-state index in [2.05, 4.69) is 24.5 Å². The molecule has 0 rings (SSSR count). The first-order valence-electron chi connectivity index (χ1n) is 5.60. The third kappa shape index (κ3) is 7.73. The second-order valence-electron chi connectivity index (χ2n) is 5.09. The Morgan fingerprint density at radius 2 is 1.27 bits per heavy atom. The van der Waals surface area contributed by atoms with Gasteiger partial charge in [-0.05, 0) is 19.3 Å². The second kappa shape index (κ2) is 7.17. The van der Waals surface area contributed by atoms with Crippen LogP contribution in [0.25, 0.3) is 0 Å². The van der Waals surface area contributed by atoms with Gasteiger partial charge in [-0.15, -0.1) is 0 Å². The van der Waals surface area contributed by atoms with Crippen LogP contribution in [-0.2, 0) is 0 Å². The van der Waals surface area contributed by atoms with Crippen molar-refractivity contribution >= 4 is 0 Å². The molecule has 0 unspecified atom stereocenters. The van der Waals surface area contributed by atoms with Crippen molar-refractivity contribution < 1.29 is 10.2 Å². The van der Waals surface area contributed by atoms with Gasteiger partial charge in [0.1, 0.15) is 0 Å². The molecule has 15 heavy (non-hydrogen) atoms. The number of nitrogens with one attached hydrogen (secondary N) is 2. The molecule has 4 heteroatoms. The molecule has 4 nitrogen and oxygen atoms in total. The van der Waals surface area contributed by atoms with Crippen molar-refractivity contribution in [2.45, 2.75) is 39.8 Å². The summed E-state index contributed by atoms with van der Waals surface area (Å²) in [6.45, 7) is 10.2. The molecule has 0 aromatic rings. The summed E-state index contributed by atoms with van der Waals surface area (Å²) < 4.78 is 0. The summed E-state index contributed by atoms with van der Waals surface area (Å²) >= 11 is 0. The maximum atomic E-state index is 8.88. The Kier molecular flexibility index (Phi) is 7.09. The minimum atomic E-state index is 0.118. The van der Waals surface area contributed by atoms with Crippen LogP contribution in [0.3, 0.4) is 0 Å². The van der Waals surface area contributed by atoms with Crippen LogP contribution in [0.4, 0.5) is 0 Å². The molecule has 0 aromatic carbocycles. The van der Waals surface area contributed by atoms with E-state index in [4.69, 9.17) is 10.2 Å². The Morgan fingerprint density at radius 3 is 1.53 bits per heavy atom. The molecular weight excluding hydrogens is 192 g/mol. The van der Waals surface area contributed by atoms with Crippen molar-refractivity contribution in [2.75, 3.05) is 26.3 Å². The van der Waals surface area contributed by atoms with Crippen LogP contribution in [0.2, 0.25) is 0 Å². The highest BCUT2D eigenvalue weighted by molar-refractivity contribution is 4.77. The van der Waals surface area contributed by atoms with Crippen LogP contribution in [0.15, 0.2) is 0 Å². The van der Waals surface area contributed by atoms with Gasteiger partial charge in [-0.3, -0.25) is 0 Å². The third-order valence-corrected chi connectivity index (χ3v) is 2.41. The van der Waals surface area contributed by atoms with Gasteiger partial charge < -0.3 is 20.8 Å². The predicted octanol–water partition coefficient (Wildman–Crippen LogP) is -0.0466. The number of aliphatic hydroxyl groups is 2. The summed E-state index contributed by atoms with van der Waals surface area (Å²) in [4.78, 5) is 0. The lowest BCUT2D eigenvalue weighted by Gasteiger charge is -2.28. The van der Waals surface area contributed by atoms with Gasteiger partial charge in [-0.1, -0.05) is 13.8 Å². The average Bonchev–Trinajstić information content (AvgIpc) is 2.22. The van der Waals surface area contributed by atoms with Gasteiger partial charge in [-0.25, -0.2) is 0 Å². The fourth-order valence-corrected chi connectivity index (χ4v) is 1.09. The zero-order valence-corrected chi connectivity index (χ0v) is 10.4. The molecule has 2 atom stereocenters. The molecule has 0 aliphatic heterocycles. The van der Waals surface area contributed by atoms with Crippen molar-refractivity contribution in [3.8, 4) is 0 Å². The fourth-order valence-electron chi connectivity index (χ4n) is 1.09. The van der Waals surface area contributed by atoms with Gasteiger partial charge >= 0.3 is 0 Å². The number of hydrogen-bond donors (Lipinski definition) is 4. The van der Waals surface area contributed by atoms with E-state index >= 15 is 0 Å². The molecule has 0 saturated heterocycles. The minimum Gasteiger partial charge on any atom is -0.395 e. The van der Waals surface area contributed by atoms with E-state index in [0.717, 1.165) is 13.1 Å². The van der Waals surface area contributed by atoms with Crippen LogP contribution in [-0.4, -0.2) is 48.6 Å². The van der Waals surface area contributed by atoms with Gasteiger partial charge in [0.25, 0.3) is 0 Å². The summed E-state index contributed by atoms with van der Waals surface area (Å²) in [5, 5.41) is 24.3. The highest BCUT2D eigenvalue weighted by Gasteiger charge is 2.18. The molecule has 0 heterocycles. The van der Waals surface area contributed by atoms with Crippen molar-refractivity contribution in [2.24, 2.45) is 5.41 Å². The third-order valence-electron chi connectivity index (χ3n) is 2.41.